The monoisotopic (exact) mass is 386 g/mol. The average molecular weight is 386 g/mol. The standard InChI is InChI=1S/C20H26N4O4/c1-23-7-3-5-16(23)19(27)24(12-25)13-8-20(9-13)10-14(11-20)28-18-15(17(21)26)4-2-6-22-18/h2,4,6,12-14,16H,3,5,7-11H2,1H3,(H2,21,26). The number of primary amides is 1. The van der Waals surface area contributed by atoms with E-state index in [4.69, 9.17) is 10.5 Å². The van der Waals surface area contributed by atoms with E-state index in [9.17, 15) is 14.4 Å². The number of hydrogen-bond donors (Lipinski definition) is 1. The van der Waals surface area contributed by atoms with Crippen LogP contribution in [0.1, 0.15) is 48.9 Å². The van der Waals surface area contributed by atoms with Crippen LogP contribution in [0.15, 0.2) is 18.3 Å². The van der Waals surface area contributed by atoms with Crippen molar-refractivity contribution < 1.29 is 19.1 Å². The van der Waals surface area contributed by atoms with Gasteiger partial charge in [-0.1, -0.05) is 0 Å². The summed E-state index contributed by atoms with van der Waals surface area (Å²) in [5, 5.41) is 0. The molecule has 1 spiro atoms. The molecule has 1 aromatic rings. The number of imide groups is 1. The highest BCUT2D eigenvalue weighted by Crippen LogP contribution is 2.58. The molecule has 2 aliphatic carbocycles. The zero-order chi connectivity index (χ0) is 19.9. The van der Waals surface area contributed by atoms with Crippen molar-refractivity contribution in [2.75, 3.05) is 13.6 Å². The Balaban J connectivity index is 1.31. The molecule has 2 saturated carbocycles. The van der Waals surface area contributed by atoms with E-state index in [0.29, 0.717) is 6.41 Å². The molecule has 28 heavy (non-hydrogen) atoms. The van der Waals surface area contributed by atoms with Crippen LogP contribution < -0.4 is 10.5 Å². The minimum absolute atomic E-state index is 0.0176. The number of carbonyl (C=O) groups excluding carboxylic acids is 3. The molecule has 0 aromatic carbocycles. The first kappa shape index (κ1) is 18.9. The van der Waals surface area contributed by atoms with E-state index >= 15 is 0 Å². The SMILES string of the molecule is CN1CCCC1C(=O)N(C=O)C1CC2(CC(Oc3ncccc3C(N)=O)C2)C1. The van der Waals surface area contributed by atoms with Crippen LogP contribution in [0.4, 0.5) is 0 Å². The third-order valence-corrected chi connectivity index (χ3v) is 6.54. The summed E-state index contributed by atoms with van der Waals surface area (Å²) < 4.78 is 5.87. The third-order valence-electron chi connectivity index (χ3n) is 6.54. The van der Waals surface area contributed by atoms with Crippen LogP contribution in [0.25, 0.3) is 0 Å². The molecule has 0 radical (unpaired) electrons. The zero-order valence-electron chi connectivity index (χ0n) is 16.0. The first-order valence-electron chi connectivity index (χ1n) is 9.82. The topological polar surface area (TPSA) is 106 Å². The maximum absolute atomic E-state index is 12.7. The molecule has 3 fully saturated rings. The van der Waals surface area contributed by atoms with Crippen LogP contribution in [0.5, 0.6) is 5.88 Å². The summed E-state index contributed by atoms with van der Waals surface area (Å²) in [4.78, 5) is 43.3. The molecule has 3 amide bonds. The summed E-state index contributed by atoms with van der Waals surface area (Å²) in [5.74, 6) is -0.348. The van der Waals surface area contributed by atoms with Gasteiger partial charge in [-0.15, -0.1) is 0 Å². The van der Waals surface area contributed by atoms with Gasteiger partial charge in [-0.05, 0) is 69.7 Å². The number of nitrogens with zero attached hydrogens (tertiary/aromatic N) is 3. The second kappa shape index (κ2) is 7.16. The van der Waals surface area contributed by atoms with Crippen molar-refractivity contribution in [2.45, 2.75) is 56.7 Å². The van der Waals surface area contributed by atoms with E-state index in [2.05, 4.69) is 4.98 Å². The Labute approximate surface area is 164 Å². The van der Waals surface area contributed by atoms with Gasteiger partial charge in [-0.2, -0.15) is 0 Å². The minimum Gasteiger partial charge on any atom is -0.474 e. The number of rotatable bonds is 6. The van der Waals surface area contributed by atoms with E-state index < -0.39 is 5.91 Å². The fourth-order valence-corrected chi connectivity index (χ4v) is 5.00. The van der Waals surface area contributed by atoms with Gasteiger partial charge in [0.25, 0.3) is 5.91 Å². The van der Waals surface area contributed by atoms with E-state index in [1.807, 2.05) is 11.9 Å². The van der Waals surface area contributed by atoms with Crippen LogP contribution in [0.3, 0.4) is 0 Å². The number of likely N-dealkylation sites (tertiary alicyclic amines) is 1. The van der Waals surface area contributed by atoms with Gasteiger partial charge in [0, 0.05) is 12.2 Å². The number of carbonyl (C=O) groups is 3. The van der Waals surface area contributed by atoms with Gasteiger partial charge in [0.15, 0.2) is 0 Å². The number of pyridine rings is 1. The number of hydrogen-bond acceptors (Lipinski definition) is 6. The normalized spacial score (nSPS) is 31.7. The average Bonchev–Trinajstić information content (AvgIpc) is 3.04. The van der Waals surface area contributed by atoms with Crippen LogP contribution in [0.2, 0.25) is 0 Å². The van der Waals surface area contributed by atoms with E-state index in [1.165, 1.54) is 4.90 Å². The molecule has 8 nitrogen and oxygen atoms in total. The predicted octanol–water partition coefficient (Wildman–Crippen LogP) is 0.950. The van der Waals surface area contributed by atoms with Gasteiger partial charge >= 0.3 is 0 Å². The molecule has 1 aliphatic heterocycles. The van der Waals surface area contributed by atoms with Crippen molar-refractivity contribution in [3.05, 3.63) is 23.9 Å². The smallest absolute Gasteiger partial charge is 0.254 e. The van der Waals surface area contributed by atoms with Crippen molar-refractivity contribution in [1.82, 2.24) is 14.8 Å². The van der Waals surface area contributed by atoms with E-state index in [-0.39, 0.29) is 41.0 Å². The second-order valence-corrected chi connectivity index (χ2v) is 8.42. The Hall–Kier alpha value is -2.48. The zero-order valence-corrected chi connectivity index (χ0v) is 16.0. The fraction of sp³-hybridized carbons (Fsp3) is 0.600. The van der Waals surface area contributed by atoms with Crippen LogP contribution in [-0.2, 0) is 9.59 Å². The summed E-state index contributed by atoms with van der Waals surface area (Å²) in [6.45, 7) is 0.900. The second-order valence-electron chi connectivity index (χ2n) is 8.42. The quantitative estimate of drug-likeness (QED) is 0.730. The van der Waals surface area contributed by atoms with Crippen LogP contribution >= 0.6 is 0 Å². The maximum Gasteiger partial charge on any atom is 0.254 e. The third kappa shape index (κ3) is 3.26. The summed E-state index contributed by atoms with van der Waals surface area (Å²) in [7, 11) is 1.94. The first-order valence-corrected chi connectivity index (χ1v) is 9.82. The molecule has 1 atom stereocenters. The molecule has 2 N–H and O–H groups in total. The molecule has 8 heteroatoms. The lowest BCUT2D eigenvalue weighted by Gasteiger charge is -2.58. The first-order chi connectivity index (χ1) is 13.4. The predicted molar refractivity (Wildman–Crippen MR) is 100 cm³/mol. The van der Waals surface area contributed by atoms with Crippen molar-refractivity contribution in [2.24, 2.45) is 11.1 Å². The van der Waals surface area contributed by atoms with Crippen molar-refractivity contribution >= 4 is 18.2 Å². The molecule has 150 valence electrons. The highest BCUT2D eigenvalue weighted by molar-refractivity contribution is 5.95. The number of likely N-dealkylation sites (N-methyl/N-ethyl adjacent to an activating group) is 1. The van der Waals surface area contributed by atoms with Crippen molar-refractivity contribution in [3.63, 3.8) is 0 Å². The van der Waals surface area contributed by atoms with Crippen molar-refractivity contribution in [1.29, 1.82) is 0 Å². The molecule has 3 aliphatic rings. The highest BCUT2D eigenvalue weighted by atomic mass is 16.5. The van der Waals surface area contributed by atoms with Crippen LogP contribution in [0, 0.1) is 5.41 Å². The molecule has 0 bridgehead atoms. The lowest BCUT2D eigenvalue weighted by molar-refractivity contribution is -0.158. The molecule has 1 unspecified atom stereocenters. The van der Waals surface area contributed by atoms with Crippen molar-refractivity contribution in [3.8, 4) is 5.88 Å². The molecule has 1 aromatic heterocycles. The lowest BCUT2D eigenvalue weighted by atomic mass is 9.52. The van der Waals surface area contributed by atoms with E-state index in [0.717, 1.165) is 45.1 Å². The molecule has 4 rings (SSSR count). The highest BCUT2D eigenvalue weighted by Gasteiger charge is 2.56. The maximum atomic E-state index is 12.7. The van der Waals surface area contributed by atoms with E-state index in [1.54, 1.807) is 18.3 Å². The Morgan fingerprint density at radius 1 is 1.36 bits per heavy atom. The minimum atomic E-state index is -0.558. The number of ether oxygens (including phenoxy) is 1. The van der Waals surface area contributed by atoms with Gasteiger partial charge in [0.1, 0.15) is 11.7 Å². The van der Waals surface area contributed by atoms with Crippen LogP contribution in [-0.4, -0.2) is 64.8 Å². The van der Waals surface area contributed by atoms with Gasteiger partial charge in [-0.3, -0.25) is 24.2 Å². The van der Waals surface area contributed by atoms with Gasteiger partial charge < -0.3 is 10.5 Å². The Bertz CT molecular complexity index is 784. The number of aromatic nitrogens is 1. The fourth-order valence-electron chi connectivity index (χ4n) is 5.00. The summed E-state index contributed by atoms with van der Waals surface area (Å²) in [6.07, 6.45) is 7.38. The molecular formula is C20H26N4O4. The number of nitrogens with two attached hydrogens (primary N) is 1. The molecular weight excluding hydrogens is 360 g/mol. The Kier molecular flexibility index (Phi) is 4.82. The summed E-state index contributed by atoms with van der Waals surface area (Å²) in [6, 6.07) is 3.07. The Morgan fingerprint density at radius 3 is 2.71 bits per heavy atom. The molecule has 1 saturated heterocycles. The lowest BCUT2D eigenvalue weighted by Crippen LogP contribution is -2.61. The Morgan fingerprint density at radius 2 is 2.11 bits per heavy atom. The number of amides is 3. The van der Waals surface area contributed by atoms with Gasteiger partial charge in [0.2, 0.25) is 18.2 Å². The summed E-state index contributed by atoms with van der Waals surface area (Å²) >= 11 is 0. The largest absolute Gasteiger partial charge is 0.474 e. The van der Waals surface area contributed by atoms with Gasteiger partial charge in [-0.25, -0.2) is 4.98 Å². The molecule has 2 heterocycles. The summed E-state index contributed by atoms with van der Waals surface area (Å²) in [5.41, 5.74) is 5.77. The van der Waals surface area contributed by atoms with Gasteiger partial charge in [0.05, 0.1) is 6.04 Å².